The molecule has 0 bridgehead atoms. The van der Waals surface area contributed by atoms with Crippen LogP contribution in [0.25, 0.3) is 22.5 Å². The highest BCUT2D eigenvalue weighted by atomic mass is 16.5. The third-order valence-corrected chi connectivity index (χ3v) is 11.5. The minimum absolute atomic E-state index is 0.379. The van der Waals surface area contributed by atoms with Crippen molar-refractivity contribution in [3.05, 3.63) is 107 Å². The number of benzene rings is 3. The topological polar surface area (TPSA) is 78.4 Å². The van der Waals surface area contributed by atoms with E-state index in [4.69, 9.17) is 33.7 Å². The van der Waals surface area contributed by atoms with Crippen LogP contribution in [-0.2, 0) is 13.1 Å². The minimum Gasteiger partial charge on any atom is -0.494 e. The van der Waals surface area contributed by atoms with Crippen LogP contribution in [0, 0.1) is 0 Å². The quantitative estimate of drug-likeness (QED) is 0.0979. The Balaban J connectivity index is 0.997. The fourth-order valence-electron chi connectivity index (χ4n) is 8.32. The Hall–Kier alpha value is -5.28. The minimum atomic E-state index is 0.379. The van der Waals surface area contributed by atoms with Gasteiger partial charge in [-0.2, -0.15) is 0 Å². The van der Waals surface area contributed by atoms with Gasteiger partial charge in [-0.15, -0.1) is 0 Å². The zero-order chi connectivity index (χ0) is 38.6. The zero-order valence-electron chi connectivity index (χ0n) is 33.4. The first-order chi connectivity index (χ1) is 27.5. The lowest BCUT2D eigenvalue weighted by Gasteiger charge is -2.40. The molecule has 292 valence electrons. The molecule has 1 saturated heterocycles. The highest BCUT2D eigenvalue weighted by molar-refractivity contribution is 5.69. The molecule has 0 radical (unpaired) electrons. The molecule has 5 aromatic rings. The summed E-state index contributed by atoms with van der Waals surface area (Å²) in [4.78, 5) is 14.8. The third kappa shape index (κ3) is 8.28. The molecular formula is C47H54N4O5. The smallest absolute Gasteiger partial charge is 0.164 e. The Morgan fingerprint density at radius 3 is 1.66 bits per heavy atom. The van der Waals surface area contributed by atoms with E-state index >= 15 is 0 Å². The van der Waals surface area contributed by atoms with Gasteiger partial charge in [0.25, 0.3) is 0 Å². The molecular weight excluding hydrogens is 701 g/mol. The summed E-state index contributed by atoms with van der Waals surface area (Å²) in [5, 5.41) is 0. The van der Waals surface area contributed by atoms with Gasteiger partial charge in [0, 0.05) is 72.6 Å². The van der Waals surface area contributed by atoms with Crippen LogP contribution in [0.5, 0.6) is 28.7 Å². The van der Waals surface area contributed by atoms with Crippen LogP contribution in [0.1, 0.15) is 79.5 Å². The molecule has 3 aliphatic rings. The Bertz CT molecular complexity index is 2120. The monoisotopic (exact) mass is 754 g/mol. The summed E-state index contributed by atoms with van der Waals surface area (Å²) in [5.74, 6) is 5.16. The van der Waals surface area contributed by atoms with Crippen LogP contribution in [0.15, 0.2) is 85.2 Å². The summed E-state index contributed by atoms with van der Waals surface area (Å²) in [6.07, 6.45) is 10.7. The second-order valence-electron chi connectivity index (χ2n) is 15.3. The predicted octanol–water partition coefficient (Wildman–Crippen LogP) is 9.67. The molecule has 3 aromatic carbocycles. The molecule has 8 rings (SSSR count). The summed E-state index contributed by atoms with van der Waals surface area (Å²) in [7, 11) is 6.87. The summed E-state index contributed by atoms with van der Waals surface area (Å²) in [6.45, 7) is 6.35. The van der Waals surface area contributed by atoms with Crippen LogP contribution < -0.4 is 28.6 Å². The molecule has 0 spiro atoms. The number of likely N-dealkylation sites (tertiary alicyclic amines) is 1. The second kappa shape index (κ2) is 16.8. The van der Waals surface area contributed by atoms with Gasteiger partial charge in [0.15, 0.2) is 23.0 Å². The van der Waals surface area contributed by atoms with Gasteiger partial charge in [0.2, 0.25) is 0 Å². The third-order valence-electron chi connectivity index (χ3n) is 11.5. The van der Waals surface area contributed by atoms with Crippen molar-refractivity contribution in [1.29, 1.82) is 0 Å². The van der Waals surface area contributed by atoms with E-state index in [0.29, 0.717) is 24.5 Å². The van der Waals surface area contributed by atoms with Crippen molar-refractivity contribution in [2.75, 3.05) is 53.0 Å². The summed E-state index contributed by atoms with van der Waals surface area (Å²) in [5.41, 5.74) is 10.2. The fourth-order valence-corrected chi connectivity index (χ4v) is 8.32. The van der Waals surface area contributed by atoms with Gasteiger partial charge in [-0.25, -0.2) is 0 Å². The maximum Gasteiger partial charge on any atom is 0.164 e. The van der Waals surface area contributed by atoms with Crippen molar-refractivity contribution < 1.29 is 23.7 Å². The van der Waals surface area contributed by atoms with Gasteiger partial charge in [0.1, 0.15) is 5.75 Å². The standard InChI is InChI=1S/C47H54N4O5/c1-6-56-39-13-11-37(12-14-39)51(30-32-16-20-49-43(24-32)36-26-41(34-9-10-34)47(55-5)45(28-36)53-3)38-17-21-50(22-18-38)29-31-15-19-48-42(23-31)35-25-40(33-7-8-33)46(54-4)44(27-35)52-2/h11-16,19-20,23-28,33-34,38H,6-10,17-18,21-22,29-30H2,1-5H3. The Morgan fingerprint density at radius 2 is 1.16 bits per heavy atom. The first-order valence-corrected chi connectivity index (χ1v) is 20.1. The van der Waals surface area contributed by atoms with Crippen LogP contribution in [0.4, 0.5) is 5.69 Å². The SMILES string of the molecule is CCOc1ccc(N(Cc2ccnc(-c3cc(OC)c(OC)c(C4CC4)c3)c2)C2CCN(Cc3ccnc(-c4cc(OC)c(OC)c(C5CC5)c4)c3)CC2)cc1. The number of nitrogens with zero attached hydrogens (tertiary/aromatic N) is 4. The number of hydrogen-bond acceptors (Lipinski definition) is 9. The zero-order valence-corrected chi connectivity index (χ0v) is 33.4. The number of hydrogen-bond donors (Lipinski definition) is 0. The van der Waals surface area contributed by atoms with Crippen molar-refractivity contribution in [2.24, 2.45) is 0 Å². The highest BCUT2D eigenvalue weighted by Gasteiger charge is 2.31. The summed E-state index contributed by atoms with van der Waals surface area (Å²) < 4.78 is 28.9. The van der Waals surface area contributed by atoms with E-state index in [1.165, 1.54) is 53.6 Å². The molecule has 0 amide bonds. The Morgan fingerprint density at radius 1 is 0.625 bits per heavy atom. The van der Waals surface area contributed by atoms with Gasteiger partial charge < -0.3 is 28.6 Å². The number of aromatic nitrogens is 2. The molecule has 0 unspecified atom stereocenters. The molecule has 9 nitrogen and oxygen atoms in total. The molecule has 1 aliphatic heterocycles. The molecule has 2 aromatic heterocycles. The van der Waals surface area contributed by atoms with E-state index in [2.05, 4.69) is 82.6 Å². The molecule has 3 heterocycles. The average Bonchev–Trinajstić information content (AvgIpc) is 4.18. The van der Waals surface area contributed by atoms with Crippen LogP contribution in [0.2, 0.25) is 0 Å². The second-order valence-corrected chi connectivity index (χ2v) is 15.3. The maximum atomic E-state index is 5.81. The van der Waals surface area contributed by atoms with Crippen molar-refractivity contribution in [1.82, 2.24) is 14.9 Å². The highest BCUT2D eigenvalue weighted by Crippen LogP contribution is 2.50. The fraction of sp³-hybridized carbons (Fsp3) is 0.404. The predicted molar refractivity (Wildman–Crippen MR) is 222 cm³/mol. The number of pyridine rings is 2. The normalized spacial score (nSPS) is 16.0. The van der Waals surface area contributed by atoms with Gasteiger partial charge in [-0.05, 0) is 141 Å². The first-order valence-electron chi connectivity index (χ1n) is 20.1. The molecule has 3 fully saturated rings. The number of rotatable bonds is 16. The summed E-state index contributed by atoms with van der Waals surface area (Å²) in [6, 6.07) is 26.4. The van der Waals surface area contributed by atoms with Crippen molar-refractivity contribution in [3.63, 3.8) is 0 Å². The number of ether oxygens (including phenoxy) is 5. The van der Waals surface area contributed by atoms with Crippen LogP contribution >= 0.6 is 0 Å². The van der Waals surface area contributed by atoms with E-state index in [-0.39, 0.29) is 0 Å². The van der Waals surface area contributed by atoms with Crippen LogP contribution in [0.3, 0.4) is 0 Å². The number of piperidine rings is 1. The largest absolute Gasteiger partial charge is 0.494 e. The van der Waals surface area contributed by atoms with Crippen molar-refractivity contribution in [3.8, 4) is 51.3 Å². The van der Waals surface area contributed by atoms with Crippen molar-refractivity contribution >= 4 is 5.69 Å². The molecule has 0 N–H and O–H groups in total. The number of methoxy groups -OCH3 is 4. The lowest BCUT2D eigenvalue weighted by Crippen LogP contribution is -2.44. The lowest BCUT2D eigenvalue weighted by atomic mass is 9.99. The number of anilines is 1. The lowest BCUT2D eigenvalue weighted by molar-refractivity contribution is 0.201. The van der Waals surface area contributed by atoms with E-state index < -0.39 is 0 Å². The van der Waals surface area contributed by atoms with Crippen molar-refractivity contribution in [2.45, 2.75) is 76.4 Å². The van der Waals surface area contributed by atoms with Crippen LogP contribution in [-0.4, -0.2) is 69.0 Å². The average molecular weight is 755 g/mol. The summed E-state index contributed by atoms with van der Waals surface area (Å²) >= 11 is 0. The molecule has 2 aliphatic carbocycles. The Kier molecular flexibility index (Phi) is 11.3. The van der Waals surface area contributed by atoms with E-state index in [1.54, 1.807) is 28.4 Å². The molecule has 9 heteroatoms. The first kappa shape index (κ1) is 37.6. The Labute approximate surface area is 331 Å². The van der Waals surface area contributed by atoms with E-state index in [1.807, 2.05) is 19.3 Å². The van der Waals surface area contributed by atoms with E-state index in [9.17, 15) is 0 Å². The van der Waals surface area contributed by atoms with Gasteiger partial charge in [-0.1, -0.05) is 0 Å². The van der Waals surface area contributed by atoms with E-state index in [0.717, 1.165) is 90.3 Å². The van der Waals surface area contributed by atoms with Gasteiger partial charge >= 0.3 is 0 Å². The van der Waals surface area contributed by atoms with Gasteiger partial charge in [0.05, 0.1) is 46.4 Å². The molecule has 0 atom stereocenters. The molecule has 56 heavy (non-hydrogen) atoms. The molecule has 2 saturated carbocycles. The van der Waals surface area contributed by atoms with Gasteiger partial charge in [-0.3, -0.25) is 14.9 Å². The maximum absolute atomic E-state index is 5.81.